The van der Waals surface area contributed by atoms with Gasteiger partial charge < -0.3 is 14.4 Å². The van der Waals surface area contributed by atoms with Crippen molar-refractivity contribution in [3.05, 3.63) is 0 Å². The molecule has 0 aromatic heterocycles. The van der Waals surface area contributed by atoms with Gasteiger partial charge in [0.1, 0.15) is 5.60 Å². The number of piperidine rings is 1. The average molecular weight is 283 g/mol. The number of carbonyl (C=O) groups excluding carboxylic acids is 1. The second-order valence-electron chi connectivity index (χ2n) is 7.13. The molecule has 0 unspecified atom stereocenters. The van der Waals surface area contributed by atoms with Crippen LogP contribution in [0.3, 0.4) is 0 Å². The highest BCUT2D eigenvalue weighted by Crippen LogP contribution is 2.29. The molecule has 1 saturated carbocycles. The van der Waals surface area contributed by atoms with Gasteiger partial charge in [-0.15, -0.1) is 0 Å². The van der Waals surface area contributed by atoms with Crippen LogP contribution in [-0.2, 0) is 9.47 Å². The molecule has 2 rings (SSSR count). The van der Waals surface area contributed by atoms with Crippen LogP contribution in [0.15, 0.2) is 0 Å². The number of nitrogens with zero attached hydrogens (tertiary/aromatic N) is 1. The summed E-state index contributed by atoms with van der Waals surface area (Å²) in [6, 6.07) is 0.290. The molecule has 1 saturated heterocycles. The van der Waals surface area contributed by atoms with Gasteiger partial charge in [-0.2, -0.15) is 0 Å². The van der Waals surface area contributed by atoms with Crippen molar-refractivity contribution in [1.82, 2.24) is 4.90 Å². The summed E-state index contributed by atoms with van der Waals surface area (Å²) >= 11 is 0. The van der Waals surface area contributed by atoms with Gasteiger partial charge in [-0.3, -0.25) is 0 Å². The van der Waals surface area contributed by atoms with E-state index in [1.807, 2.05) is 25.7 Å². The molecular formula is C16H29NO3. The van der Waals surface area contributed by atoms with E-state index in [0.717, 1.165) is 44.9 Å². The predicted molar refractivity (Wildman–Crippen MR) is 78.7 cm³/mol. The Balaban J connectivity index is 1.76. The van der Waals surface area contributed by atoms with Crippen molar-refractivity contribution in [1.29, 1.82) is 0 Å². The minimum atomic E-state index is -0.415. The molecule has 116 valence electrons. The monoisotopic (exact) mass is 283 g/mol. The molecule has 1 aliphatic carbocycles. The van der Waals surface area contributed by atoms with Crippen LogP contribution in [0, 0.1) is 5.92 Å². The number of amides is 1. The van der Waals surface area contributed by atoms with E-state index >= 15 is 0 Å². The number of rotatable bonds is 5. The van der Waals surface area contributed by atoms with Crippen molar-refractivity contribution in [3.8, 4) is 0 Å². The summed E-state index contributed by atoms with van der Waals surface area (Å²) in [5, 5.41) is 0. The fourth-order valence-corrected chi connectivity index (χ4v) is 2.62. The number of carbonyl (C=O) groups is 1. The smallest absolute Gasteiger partial charge is 0.410 e. The van der Waals surface area contributed by atoms with Gasteiger partial charge in [0.2, 0.25) is 0 Å². The molecule has 20 heavy (non-hydrogen) atoms. The average Bonchev–Trinajstić information content (AvgIpc) is 3.17. The minimum absolute atomic E-state index is 0.163. The molecule has 2 fully saturated rings. The zero-order chi connectivity index (χ0) is 14.6. The maximum atomic E-state index is 12.2. The summed E-state index contributed by atoms with van der Waals surface area (Å²) in [6.45, 7) is 8.25. The molecule has 0 aromatic carbocycles. The first-order valence-electron chi connectivity index (χ1n) is 8.03. The highest BCUT2D eigenvalue weighted by Gasteiger charge is 2.30. The molecule has 1 aliphatic heterocycles. The Bertz CT molecular complexity index is 320. The second-order valence-corrected chi connectivity index (χ2v) is 7.13. The van der Waals surface area contributed by atoms with Gasteiger partial charge in [0.25, 0.3) is 0 Å². The fourth-order valence-electron chi connectivity index (χ4n) is 2.62. The number of hydrogen-bond donors (Lipinski definition) is 0. The van der Waals surface area contributed by atoms with Crippen LogP contribution in [0.2, 0.25) is 0 Å². The number of hydrogen-bond acceptors (Lipinski definition) is 3. The van der Waals surface area contributed by atoms with Crippen molar-refractivity contribution >= 4 is 6.09 Å². The Hall–Kier alpha value is -0.770. The van der Waals surface area contributed by atoms with Crippen molar-refractivity contribution in [2.24, 2.45) is 5.92 Å². The molecule has 0 spiro atoms. The normalized spacial score (nSPS) is 23.8. The largest absolute Gasteiger partial charge is 0.444 e. The van der Waals surface area contributed by atoms with Crippen LogP contribution >= 0.6 is 0 Å². The zero-order valence-corrected chi connectivity index (χ0v) is 13.2. The van der Waals surface area contributed by atoms with Gasteiger partial charge in [-0.1, -0.05) is 0 Å². The van der Waals surface area contributed by atoms with E-state index in [1.165, 1.54) is 19.3 Å². The standard InChI is InChI=1S/C16H29NO3/c1-16(2,3)20-15(18)17-10-5-4-6-14(17)9-11-19-12-13-7-8-13/h13-14H,4-12H2,1-3H3/t14-/m1/s1. The highest BCUT2D eigenvalue weighted by molar-refractivity contribution is 5.68. The SMILES string of the molecule is CC(C)(C)OC(=O)N1CCCC[C@@H]1CCOCC1CC1. The quantitative estimate of drug-likeness (QED) is 0.724. The number of likely N-dealkylation sites (tertiary alicyclic amines) is 1. The molecule has 4 nitrogen and oxygen atoms in total. The third-order valence-corrected chi connectivity index (χ3v) is 3.90. The summed E-state index contributed by atoms with van der Waals surface area (Å²) in [6.07, 6.45) is 6.79. The molecule has 1 heterocycles. The molecule has 2 aliphatic rings. The molecule has 0 bridgehead atoms. The van der Waals surface area contributed by atoms with Crippen LogP contribution in [0.5, 0.6) is 0 Å². The van der Waals surface area contributed by atoms with E-state index in [0.29, 0.717) is 0 Å². The van der Waals surface area contributed by atoms with E-state index in [-0.39, 0.29) is 12.1 Å². The van der Waals surface area contributed by atoms with E-state index < -0.39 is 5.60 Å². The Kier molecular flexibility index (Phi) is 5.30. The summed E-state index contributed by atoms with van der Waals surface area (Å²) in [5.74, 6) is 0.809. The Labute approximate surface area is 122 Å². The highest BCUT2D eigenvalue weighted by atomic mass is 16.6. The Morgan fingerprint density at radius 1 is 1.20 bits per heavy atom. The van der Waals surface area contributed by atoms with Gasteiger partial charge >= 0.3 is 6.09 Å². The molecular weight excluding hydrogens is 254 g/mol. The van der Waals surface area contributed by atoms with Crippen molar-refractivity contribution < 1.29 is 14.3 Å². The summed E-state index contributed by atoms with van der Waals surface area (Å²) in [7, 11) is 0. The lowest BCUT2D eigenvalue weighted by Crippen LogP contribution is -2.46. The van der Waals surface area contributed by atoms with Gasteiger partial charge in [-0.05, 0) is 65.2 Å². The van der Waals surface area contributed by atoms with Crippen molar-refractivity contribution in [3.63, 3.8) is 0 Å². The van der Waals surface area contributed by atoms with E-state index in [2.05, 4.69) is 0 Å². The number of ether oxygens (including phenoxy) is 2. The third kappa shape index (κ3) is 5.31. The lowest BCUT2D eigenvalue weighted by atomic mass is 10.0. The first kappa shape index (κ1) is 15.6. The first-order valence-corrected chi connectivity index (χ1v) is 8.03. The third-order valence-electron chi connectivity index (χ3n) is 3.90. The van der Waals surface area contributed by atoms with E-state index in [9.17, 15) is 4.79 Å². The zero-order valence-electron chi connectivity index (χ0n) is 13.2. The van der Waals surface area contributed by atoms with E-state index in [1.54, 1.807) is 0 Å². The summed E-state index contributed by atoms with van der Waals surface area (Å²) in [4.78, 5) is 14.1. The molecule has 0 radical (unpaired) electrons. The molecule has 0 N–H and O–H groups in total. The van der Waals surface area contributed by atoms with Crippen LogP contribution < -0.4 is 0 Å². The van der Waals surface area contributed by atoms with Crippen LogP contribution in [-0.4, -0.2) is 42.4 Å². The van der Waals surface area contributed by atoms with Gasteiger partial charge in [0.15, 0.2) is 0 Å². The maximum absolute atomic E-state index is 12.2. The van der Waals surface area contributed by atoms with Crippen molar-refractivity contribution in [2.45, 2.75) is 70.9 Å². The van der Waals surface area contributed by atoms with Crippen LogP contribution in [0.1, 0.15) is 59.3 Å². The molecule has 4 heteroatoms. The minimum Gasteiger partial charge on any atom is -0.444 e. The summed E-state index contributed by atoms with van der Waals surface area (Å²) < 4.78 is 11.2. The first-order chi connectivity index (χ1) is 9.46. The van der Waals surface area contributed by atoms with Crippen LogP contribution in [0.4, 0.5) is 4.79 Å². The fraction of sp³-hybridized carbons (Fsp3) is 0.938. The lowest BCUT2D eigenvalue weighted by Gasteiger charge is -2.36. The van der Waals surface area contributed by atoms with Gasteiger partial charge in [0.05, 0.1) is 0 Å². The topological polar surface area (TPSA) is 38.8 Å². The second kappa shape index (κ2) is 6.79. The molecule has 0 aromatic rings. The van der Waals surface area contributed by atoms with Crippen LogP contribution in [0.25, 0.3) is 0 Å². The summed E-state index contributed by atoms with van der Waals surface area (Å²) in [5.41, 5.74) is -0.415. The van der Waals surface area contributed by atoms with E-state index in [4.69, 9.17) is 9.47 Å². The molecule has 1 atom stereocenters. The lowest BCUT2D eigenvalue weighted by molar-refractivity contribution is 0.00414. The van der Waals surface area contributed by atoms with Gasteiger partial charge in [0, 0.05) is 25.8 Å². The van der Waals surface area contributed by atoms with Gasteiger partial charge in [-0.25, -0.2) is 4.79 Å². The predicted octanol–water partition coefficient (Wildman–Crippen LogP) is 3.59. The maximum Gasteiger partial charge on any atom is 0.410 e. The molecule has 1 amide bonds. The Morgan fingerprint density at radius 2 is 1.95 bits per heavy atom. The van der Waals surface area contributed by atoms with Crippen molar-refractivity contribution in [2.75, 3.05) is 19.8 Å². The Morgan fingerprint density at radius 3 is 2.60 bits per heavy atom.